The van der Waals surface area contributed by atoms with Crippen LogP contribution in [0.4, 0.5) is 18.9 Å². The highest BCUT2D eigenvalue weighted by atomic mass is 19.1. The fraction of sp³-hybridized carbons (Fsp3) is 0.600. The van der Waals surface area contributed by atoms with Crippen molar-refractivity contribution >= 4 is 5.69 Å². The lowest BCUT2D eigenvalue weighted by Gasteiger charge is -2.47. The standard InChI is InChI=1S/C15H21F3N2/c1-4-15(5-2)9-20(10(3)8-19-15)14-12(17)6-11(16)7-13(14)18/h6-7,10,19H,4-5,8-9H2,1-3H3. The molecule has 1 aromatic carbocycles. The number of piperazine rings is 1. The molecule has 0 saturated carbocycles. The van der Waals surface area contributed by atoms with Gasteiger partial charge in [0.05, 0.1) is 0 Å². The van der Waals surface area contributed by atoms with E-state index in [9.17, 15) is 13.2 Å². The molecule has 1 unspecified atom stereocenters. The fourth-order valence-corrected chi connectivity index (χ4v) is 2.84. The molecule has 1 aromatic rings. The van der Waals surface area contributed by atoms with Gasteiger partial charge in [0.1, 0.15) is 11.5 Å². The summed E-state index contributed by atoms with van der Waals surface area (Å²) < 4.78 is 41.0. The summed E-state index contributed by atoms with van der Waals surface area (Å²) in [4.78, 5) is 1.72. The van der Waals surface area contributed by atoms with E-state index in [1.165, 1.54) is 0 Å². The van der Waals surface area contributed by atoms with E-state index in [0.717, 1.165) is 25.0 Å². The summed E-state index contributed by atoms with van der Waals surface area (Å²) in [5.74, 6) is -2.56. The molecule has 0 aromatic heterocycles. The zero-order chi connectivity index (χ0) is 14.9. The molecule has 1 atom stereocenters. The van der Waals surface area contributed by atoms with Gasteiger partial charge in [-0.15, -0.1) is 0 Å². The first-order valence-electron chi connectivity index (χ1n) is 7.08. The van der Waals surface area contributed by atoms with Gasteiger partial charge < -0.3 is 10.2 Å². The Labute approximate surface area is 118 Å². The summed E-state index contributed by atoms with van der Waals surface area (Å²) in [6, 6.07) is 1.44. The van der Waals surface area contributed by atoms with E-state index >= 15 is 0 Å². The van der Waals surface area contributed by atoms with E-state index in [1.807, 2.05) is 6.92 Å². The van der Waals surface area contributed by atoms with Gasteiger partial charge in [-0.25, -0.2) is 13.2 Å². The summed E-state index contributed by atoms with van der Waals surface area (Å²) in [6.07, 6.45) is 1.74. The molecule has 0 spiro atoms. The van der Waals surface area contributed by atoms with E-state index in [-0.39, 0.29) is 17.3 Å². The lowest BCUT2D eigenvalue weighted by atomic mass is 9.88. The normalized spacial score (nSPS) is 22.1. The molecule has 0 bridgehead atoms. The van der Waals surface area contributed by atoms with E-state index in [4.69, 9.17) is 0 Å². The van der Waals surface area contributed by atoms with Crippen molar-refractivity contribution in [2.24, 2.45) is 0 Å². The molecule has 1 heterocycles. The zero-order valence-corrected chi connectivity index (χ0v) is 12.1. The Balaban J connectivity index is 2.40. The van der Waals surface area contributed by atoms with Crippen molar-refractivity contribution in [3.8, 4) is 0 Å². The topological polar surface area (TPSA) is 15.3 Å². The highest BCUT2D eigenvalue weighted by Crippen LogP contribution is 2.31. The minimum atomic E-state index is -0.885. The summed E-state index contributed by atoms with van der Waals surface area (Å²) in [6.45, 7) is 7.19. The predicted molar refractivity (Wildman–Crippen MR) is 74.4 cm³/mol. The molecule has 0 amide bonds. The molecule has 0 radical (unpaired) electrons. The molecule has 0 aliphatic carbocycles. The number of rotatable bonds is 3. The van der Waals surface area contributed by atoms with Crippen molar-refractivity contribution in [2.75, 3.05) is 18.0 Å². The van der Waals surface area contributed by atoms with Crippen LogP contribution < -0.4 is 10.2 Å². The second-order valence-corrected chi connectivity index (χ2v) is 5.56. The number of nitrogens with zero attached hydrogens (tertiary/aromatic N) is 1. The minimum Gasteiger partial charge on any atom is -0.361 e. The molecule has 2 rings (SSSR count). The fourth-order valence-electron chi connectivity index (χ4n) is 2.84. The number of benzene rings is 1. The van der Waals surface area contributed by atoms with Gasteiger partial charge in [-0.2, -0.15) is 0 Å². The SMILES string of the molecule is CCC1(CC)CN(c2c(F)cc(F)cc2F)C(C)CN1. The number of hydrogen-bond donors (Lipinski definition) is 1. The quantitative estimate of drug-likeness (QED) is 0.915. The van der Waals surface area contributed by atoms with Crippen LogP contribution in [0.25, 0.3) is 0 Å². The van der Waals surface area contributed by atoms with Crippen LogP contribution in [0.2, 0.25) is 0 Å². The Bertz CT molecular complexity index is 463. The average molecular weight is 286 g/mol. The Morgan fingerprint density at radius 3 is 2.25 bits per heavy atom. The van der Waals surface area contributed by atoms with Crippen LogP contribution in [0.5, 0.6) is 0 Å². The molecule has 2 nitrogen and oxygen atoms in total. The lowest BCUT2D eigenvalue weighted by Crippen LogP contribution is -2.63. The molecular formula is C15H21F3N2. The summed E-state index contributed by atoms with van der Waals surface area (Å²) in [5, 5.41) is 3.47. The number of halogens is 3. The molecular weight excluding hydrogens is 265 g/mol. The minimum absolute atomic E-state index is 0.0457. The number of nitrogens with one attached hydrogen (secondary N) is 1. The van der Waals surface area contributed by atoms with Gasteiger partial charge in [0, 0.05) is 36.8 Å². The van der Waals surface area contributed by atoms with Crippen LogP contribution in [0.15, 0.2) is 12.1 Å². The number of hydrogen-bond acceptors (Lipinski definition) is 2. The smallest absolute Gasteiger partial charge is 0.152 e. The maximum absolute atomic E-state index is 14.0. The van der Waals surface area contributed by atoms with Crippen LogP contribution in [0.1, 0.15) is 33.6 Å². The van der Waals surface area contributed by atoms with Crippen molar-refractivity contribution in [3.63, 3.8) is 0 Å². The van der Waals surface area contributed by atoms with E-state index in [2.05, 4.69) is 19.2 Å². The highest BCUT2D eigenvalue weighted by molar-refractivity contribution is 5.51. The van der Waals surface area contributed by atoms with Gasteiger partial charge in [-0.05, 0) is 19.8 Å². The highest BCUT2D eigenvalue weighted by Gasteiger charge is 2.37. The second kappa shape index (κ2) is 5.64. The first-order valence-corrected chi connectivity index (χ1v) is 7.08. The molecule has 1 saturated heterocycles. The van der Waals surface area contributed by atoms with Crippen molar-refractivity contribution in [1.82, 2.24) is 5.32 Å². The predicted octanol–water partition coefficient (Wildman–Crippen LogP) is 3.46. The largest absolute Gasteiger partial charge is 0.361 e. The Kier molecular flexibility index (Phi) is 4.28. The molecule has 112 valence electrons. The summed E-state index contributed by atoms with van der Waals surface area (Å²) in [7, 11) is 0. The van der Waals surface area contributed by atoms with Gasteiger partial charge in [0.2, 0.25) is 0 Å². The average Bonchev–Trinajstić information content (AvgIpc) is 2.40. The van der Waals surface area contributed by atoms with Crippen molar-refractivity contribution in [2.45, 2.75) is 45.2 Å². The van der Waals surface area contributed by atoms with Gasteiger partial charge in [0.15, 0.2) is 11.6 Å². The van der Waals surface area contributed by atoms with Crippen LogP contribution in [0, 0.1) is 17.5 Å². The van der Waals surface area contributed by atoms with Crippen LogP contribution in [-0.2, 0) is 0 Å². The Morgan fingerprint density at radius 1 is 1.20 bits per heavy atom. The molecule has 1 fully saturated rings. The van der Waals surface area contributed by atoms with E-state index in [1.54, 1.807) is 4.90 Å². The van der Waals surface area contributed by atoms with E-state index < -0.39 is 17.5 Å². The van der Waals surface area contributed by atoms with Crippen molar-refractivity contribution in [3.05, 3.63) is 29.6 Å². The maximum Gasteiger partial charge on any atom is 0.152 e. The Hall–Kier alpha value is -1.23. The molecule has 1 aliphatic heterocycles. The first kappa shape index (κ1) is 15.2. The van der Waals surface area contributed by atoms with Gasteiger partial charge in [-0.3, -0.25) is 0 Å². The number of anilines is 1. The van der Waals surface area contributed by atoms with Crippen molar-refractivity contribution < 1.29 is 13.2 Å². The van der Waals surface area contributed by atoms with Crippen molar-refractivity contribution in [1.29, 1.82) is 0 Å². The monoisotopic (exact) mass is 286 g/mol. The maximum atomic E-state index is 14.0. The third-order valence-electron chi connectivity index (χ3n) is 4.40. The zero-order valence-electron chi connectivity index (χ0n) is 12.1. The summed E-state index contributed by atoms with van der Waals surface area (Å²) in [5.41, 5.74) is -0.272. The summed E-state index contributed by atoms with van der Waals surface area (Å²) >= 11 is 0. The van der Waals surface area contributed by atoms with Crippen LogP contribution >= 0.6 is 0 Å². The third-order valence-corrected chi connectivity index (χ3v) is 4.40. The molecule has 20 heavy (non-hydrogen) atoms. The van der Waals surface area contributed by atoms with Gasteiger partial charge in [0.25, 0.3) is 0 Å². The molecule has 5 heteroatoms. The first-order chi connectivity index (χ1) is 9.42. The van der Waals surface area contributed by atoms with E-state index in [0.29, 0.717) is 13.1 Å². The van der Waals surface area contributed by atoms with Crippen LogP contribution in [-0.4, -0.2) is 24.7 Å². The lowest BCUT2D eigenvalue weighted by molar-refractivity contribution is 0.251. The second-order valence-electron chi connectivity index (χ2n) is 5.56. The van der Waals surface area contributed by atoms with Crippen LogP contribution in [0.3, 0.4) is 0 Å². The third kappa shape index (κ3) is 2.64. The Morgan fingerprint density at radius 2 is 1.75 bits per heavy atom. The van der Waals surface area contributed by atoms with Gasteiger partial charge in [-0.1, -0.05) is 13.8 Å². The van der Waals surface area contributed by atoms with Gasteiger partial charge >= 0.3 is 0 Å². The molecule has 1 N–H and O–H groups in total. The molecule has 1 aliphatic rings.